The van der Waals surface area contributed by atoms with Crippen molar-refractivity contribution < 1.29 is 8.42 Å². The summed E-state index contributed by atoms with van der Waals surface area (Å²) in [6.07, 6.45) is 1.73. The number of hydrogen-bond donors (Lipinski definition) is 1. The maximum atomic E-state index is 12.3. The second-order valence-corrected chi connectivity index (χ2v) is 8.77. The molecule has 104 valence electrons. The number of sulfonamides is 1. The van der Waals surface area contributed by atoms with Gasteiger partial charge < -0.3 is 5.73 Å². The van der Waals surface area contributed by atoms with Crippen molar-refractivity contribution in [3.05, 3.63) is 15.9 Å². The van der Waals surface area contributed by atoms with E-state index in [-0.39, 0.29) is 12.4 Å². The van der Waals surface area contributed by atoms with Crippen LogP contribution < -0.4 is 5.73 Å². The van der Waals surface area contributed by atoms with Crippen LogP contribution in [-0.4, -0.2) is 32.4 Å². The standard InChI is InChI=1S/C10H15BrN2O2S2.ClH/c11-9-1-2-10(16-9)17(14,15)13-5-3-8(7-12)4-6-13;/h1-2,8H,3-7,12H2;1H. The highest BCUT2D eigenvalue weighted by atomic mass is 79.9. The third-order valence-corrected chi connectivity index (χ3v) is 7.04. The number of halogens is 2. The van der Waals surface area contributed by atoms with E-state index in [0.29, 0.717) is 29.8 Å². The topological polar surface area (TPSA) is 63.4 Å². The molecular formula is C10H16BrClN2O2S2. The number of rotatable bonds is 3. The molecule has 0 amide bonds. The minimum absolute atomic E-state index is 0. The summed E-state index contributed by atoms with van der Waals surface area (Å²) in [5.41, 5.74) is 5.60. The van der Waals surface area contributed by atoms with Gasteiger partial charge in [-0.25, -0.2) is 8.42 Å². The summed E-state index contributed by atoms with van der Waals surface area (Å²) in [6, 6.07) is 3.42. The second kappa shape index (κ2) is 6.67. The zero-order valence-electron chi connectivity index (χ0n) is 9.71. The van der Waals surface area contributed by atoms with Crippen molar-refractivity contribution in [1.29, 1.82) is 0 Å². The number of thiophene rings is 1. The van der Waals surface area contributed by atoms with Crippen molar-refractivity contribution in [3.63, 3.8) is 0 Å². The Labute approximate surface area is 126 Å². The molecule has 0 aromatic carbocycles. The van der Waals surface area contributed by atoms with E-state index in [0.717, 1.165) is 16.6 Å². The Morgan fingerprint density at radius 3 is 2.44 bits per heavy atom. The lowest BCUT2D eigenvalue weighted by Gasteiger charge is -2.30. The molecule has 2 N–H and O–H groups in total. The van der Waals surface area contributed by atoms with Gasteiger partial charge in [-0.05, 0) is 53.4 Å². The molecule has 2 heterocycles. The van der Waals surface area contributed by atoms with Crippen molar-refractivity contribution in [2.24, 2.45) is 11.7 Å². The quantitative estimate of drug-likeness (QED) is 0.881. The molecule has 2 rings (SSSR count). The van der Waals surface area contributed by atoms with E-state index >= 15 is 0 Å². The third-order valence-electron chi connectivity index (χ3n) is 3.05. The van der Waals surface area contributed by atoms with E-state index in [1.165, 1.54) is 11.3 Å². The van der Waals surface area contributed by atoms with Crippen LogP contribution in [0.4, 0.5) is 0 Å². The summed E-state index contributed by atoms with van der Waals surface area (Å²) in [5.74, 6) is 0.469. The molecule has 0 radical (unpaired) electrons. The number of nitrogens with zero attached hydrogens (tertiary/aromatic N) is 1. The molecule has 1 aliphatic rings. The fourth-order valence-corrected chi connectivity index (χ4v) is 5.58. The molecule has 18 heavy (non-hydrogen) atoms. The van der Waals surface area contributed by atoms with Crippen LogP contribution >= 0.6 is 39.7 Å². The molecule has 0 aliphatic carbocycles. The van der Waals surface area contributed by atoms with Gasteiger partial charge in [-0.1, -0.05) is 0 Å². The highest BCUT2D eigenvalue weighted by Gasteiger charge is 2.29. The lowest BCUT2D eigenvalue weighted by Crippen LogP contribution is -2.39. The van der Waals surface area contributed by atoms with Gasteiger partial charge >= 0.3 is 0 Å². The highest BCUT2D eigenvalue weighted by molar-refractivity contribution is 9.11. The van der Waals surface area contributed by atoms with Crippen LogP contribution in [-0.2, 0) is 10.0 Å². The Kier molecular flexibility index (Phi) is 6.08. The monoisotopic (exact) mass is 374 g/mol. The molecule has 4 nitrogen and oxygen atoms in total. The first-order chi connectivity index (χ1) is 8.04. The van der Waals surface area contributed by atoms with E-state index in [2.05, 4.69) is 15.9 Å². The van der Waals surface area contributed by atoms with Crippen LogP contribution in [0.25, 0.3) is 0 Å². The van der Waals surface area contributed by atoms with Crippen molar-refractivity contribution >= 4 is 49.7 Å². The van der Waals surface area contributed by atoms with Crippen LogP contribution in [0.2, 0.25) is 0 Å². The lowest BCUT2D eigenvalue weighted by molar-refractivity contribution is 0.279. The SMILES string of the molecule is Cl.NCC1CCN(S(=O)(=O)c2ccc(Br)s2)CC1. The minimum atomic E-state index is -3.29. The largest absolute Gasteiger partial charge is 0.330 e. The Bertz CT molecular complexity index is 484. The van der Waals surface area contributed by atoms with E-state index in [4.69, 9.17) is 5.73 Å². The third kappa shape index (κ3) is 3.46. The lowest BCUT2D eigenvalue weighted by atomic mass is 9.99. The van der Waals surface area contributed by atoms with Gasteiger partial charge in [0, 0.05) is 13.1 Å². The summed E-state index contributed by atoms with van der Waals surface area (Å²) in [4.78, 5) is 0. The Morgan fingerprint density at radius 2 is 2.00 bits per heavy atom. The molecule has 1 aliphatic heterocycles. The van der Waals surface area contributed by atoms with Crippen molar-refractivity contribution in [3.8, 4) is 0 Å². The van der Waals surface area contributed by atoms with Crippen LogP contribution in [0.1, 0.15) is 12.8 Å². The molecular weight excluding hydrogens is 360 g/mol. The van der Waals surface area contributed by atoms with Gasteiger partial charge in [-0.15, -0.1) is 23.7 Å². The summed E-state index contributed by atoms with van der Waals surface area (Å²) in [6.45, 7) is 1.82. The first-order valence-corrected chi connectivity index (χ1v) is 8.54. The molecule has 1 aromatic heterocycles. The van der Waals surface area contributed by atoms with Crippen molar-refractivity contribution in [2.75, 3.05) is 19.6 Å². The van der Waals surface area contributed by atoms with Gasteiger partial charge in [0.2, 0.25) is 0 Å². The van der Waals surface area contributed by atoms with E-state index < -0.39 is 10.0 Å². The van der Waals surface area contributed by atoms with Crippen molar-refractivity contribution in [1.82, 2.24) is 4.31 Å². The zero-order valence-corrected chi connectivity index (χ0v) is 13.7. The summed E-state index contributed by atoms with van der Waals surface area (Å²) in [5, 5.41) is 0. The highest BCUT2D eigenvalue weighted by Crippen LogP contribution is 2.30. The predicted octanol–water partition coefficient (Wildman–Crippen LogP) is 2.29. The van der Waals surface area contributed by atoms with Gasteiger partial charge in [0.25, 0.3) is 10.0 Å². The Balaban J connectivity index is 0.00000162. The van der Waals surface area contributed by atoms with Crippen LogP contribution in [0.3, 0.4) is 0 Å². The number of nitrogens with two attached hydrogens (primary N) is 1. The average molecular weight is 376 g/mol. The molecule has 1 aromatic rings. The van der Waals surface area contributed by atoms with Crippen LogP contribution in [0, 0.1) is 5.92 Å². The maximum absolute atomic E-state index is 12.3. The molecule has 1 fully saturated rings. The van der Waals surface area contributed by atoms with Crippen molar-refractivity contribution in [2.45, 2.75) is 17.1 Å². The van der Waals surface area contributed by atoms with Crippen LogP contribution in [0.15, 0.2) is 20.1 Å². The molecule has 0 atom stereocenters. The van der Waals surface area contributed by atoms with Gasteiger partial charge in [0.15, 0.2) is 0 Å². The van der Waals surface area contributed by atoms with E-state index in [9.17, 15) is 8.42 Å². The molecule has 0 bridgehead atoms. The number of piperidine rings is 1. The molecule has 0 spiro atoms. The average Bonchev–Trinajstić information content (AvgIpc) is 2.77. The zero-order chi connectivity index (χ0) is 12.5. The minimum Gasteiger partial charge on any atom is -0.330 e. The maximum Gasteiger partial charge on any atom is 0.252 e. The van der Waals surface area contributed by atoms with Gasteiger partial charge in [-0.2, -0.15) is 4.31 Å². The fraction of sp³-hybridized carbons (Fsp3) is 0.600. The fourth-order valence-electron chi connectivity index (χ4n) is 1.95. The van der Waals surface area contributed by atoms with Crippen LogP contribution in [0.5, 0.6) is 0 Å². The van der Waals surface area contributed by atoms with Gasteiger partial charge in [0.05, 0.1) is 3.79 Å². The van der Waals surface area contributed by atoms with E-state index in [1.807, 2.05) is 0 Å². The second-order valence-electron chi connectivity index (χ2n) is 4.14. The first-order valence-electron chi connectivity index (χ1n) is 5.49. The number of hydrogen-bond acceptors (Lipinski definition) is 4. The first kappa shape index (κ1) is 16.4. The Morgan fingerprint density at radius 1 is 1.39 bits per heavy atom. The molecule has 1 saturated heterocycles. The predicted molar refractivity (Wildman–Crippen MR) is 79.8 cm³/mol. The molecule has 0 saturated carbocycles. The summed E-state index contributed by atoms with van der Waals surface area (Å²) < 4.78 is 27.4. The summed E-state index contributed by atoms with van der Waals surface area (Å²) >= 11 is 4.55. The van der Waals surface area contributed by atoms with Gasteiger partial charge in [0.1, 0.15) is 4.21 Å². The molecule has 8 heteroatoms. The van der Waals surface area contributed by atoms with E-state index in [1.54, 1.807) is 16.4 Å². The Hall–Kier alpha value is 0.340. The van der Waals surface area contributed by atoms with Gasteiger partial charge in [-0.3, -0.25) is 0 Å². The smallest absolute Gasteiger partial charge is 0.252 e. The normalized spacial score (nSPS) is 18.6. The molecule has 0 unspecified atom stereocenters. The summed E-state index contributed by atoms with van der Waals surface area (Å²) in [7, 11) is -3.29.